The molecule has 2 aliphatic rings. The summed E-state index contributed by atoms with van der Waals surface area (Å²) < 4.78 is 47.9. The van der Waals surface area contributed by atoms with E-state index in [9.17, 15) is 13.2 Å². The molecule has 51 heavy (non-hydrogen) atoms. The van der Waals surface area contributed by atoms with Crippen LogP contribution in [0.3, 0.4) is 0 Å². The Hall–Kier alpha value is -4.33. The first-order valence-corrected chi connectivity index (χ1v) is 19.5. The molecule has 2 fully saturated rings. The van der Waals surface area contributed by atoms with Crippen molar-refractivity contribution in [3.05, 3.63) is 77.9 Å². The number of imidazole rings is 1. The minimum atomic E-state index is -3.88. The summed E-state index contributed by atoms with van der Waals surface area (Å²) >= 11 is 0. The SMILES string of the molecule is CCOCCn1c(NC2CCN(CCC3(c4ccccc4)CCN(C(=O)c4cc(OC)c(OC)c(OS(C)(=O)=O)c4)C3)CC2)nc2ccccc21. The van der Waals surface area contributed by atoms with Gasteiger partial charge in [0, 0.05) is 56.4 Å². The zero-order chi connectivity index (χ0) is 36.0. The lowest BCUT2D eigenvalue weighted by Crippen LogP contribution is -2.42. The molecule has 2 aliphatic heterocycles. The minimum Gasteiger partial charge on any atom is -0.493 e. The number of nitrogens with zero attached hydrogens (tertiary/aromatic N) is 4. The van der Waals surface area contributed by atoms with Crippen molar-refractivity contribution in [2.75, 3.05) is 71.7 Å². The summed E-state index contributed by atoms with van der Waals surface area (Å²) in [5, 5.41) is 3.75. The van der Waals surface area contributed by atoms with E-state index in [2.05, 4.69) is 51.2 Å². The van der Waals surface area contributed by atoms with E-state index in [1.54, 1.807) is 6.07 Å². The van der Waals surface area contributed by atoms with Gasteiger partial charge in [-0.15, -0.1) is 0 Å². The van der Waals surface area contributed by atoms with Gasteiger partial charge in [0.1, 0.15) is 0 Å². The Balaban J connectivity index is 1.12. The van der Waals surface area contributed by atoms with E-state index in [0.717, 1.165) is 75.1 Å². The average molecular weight is 720 g/mol. The van der Waals surface area contributed by atoms with Crippen molar-refractivity contribution in [2.24, 2.45) is 0 Å². The number of para-hydroxylation sites is 2. The van der Waals surface area contributed by atoms with Gasteiger partial charge < -0.3 is 38.1 Å². The normalized spacial score (nSPS) is 18.6. The number of anilines is 1. The van der Waals surface area contributed by atoms with E-state index < -0.39 is 10.1 Å². The molecule has 4 aromatic rings. The van der Waals surface area contributed by atoms with Gasteiger partial charge >= 0.3 is 10.1 Å². The van der Waals surface area contributed by atoms with Crippen molar-refractivity contribution < 1.29 is 31.6 Å². The minimum absolute atomic E-state index is 0.0862. The number of ether oxygens (including phenoxy) is 3. The fraction of sp³-hybridized carbons (Fsp3) is 0.474. The number of fused-ring (bicyclic) bond motifs is 1. The molecule has 0 saturated carbocycles. The fourth-order valence-electron chi connectivity index (χ4n) is 7.45. The maximum absolute atomic E-state index is 14.0. The number of nitrogens with one attached hydrogen (secondary N) is 1. The molecule has 0 bridgehead atoms. The molecule has 0 aliphatic carbocycles. The number of carbonyl (C=O) groups is 1. The van der Waals surface area contributed by atoms with Crippen LogP contribution in [0.4, 0.5) is 5.95 Å². The first kappa shape index (κ1) is 36.5. The topological polar surface area (TPSA) is 124 Å². The number of hydrogen-bond acceptors (Lipinski definition) is 10. The van der Waals surface area contributed by atoms with E-state index in [0.29, 0.717) is 32.3 Å². The Morgan fingerprint density at radius 1 is 0.961 bits per heavy atom. The van der Waals surface area contributed by atoms with E-state index in [4.69, 9.17) is 23.4 Å². The summed E-state index contributed by atoms with van der Waals surface area (Å²) in [5.41, 5.74) is 3.37. The van der Waals surface area contributed by atoms with Gasteiger partial charge in [0.05, 0.1) is 38.1 Å². The van der Waals surface area contributed by atoms with Gasteiger partial charge in [-0.2, -0.15) is 8.42 Å². The van der Waals surface area contributed by atoms with Crippen molar-refractivity contribution >= 4 is 33.0 Å². The number of likely N-dealkylation sites (tertiary alicyclic amines) is 2. The predicted octanol–water partition coefficient (Wildman–Crippen LogP) is 5.18. The van der Waals surface area contributed by atoms with E-state index in [1.165, 1.54) is 25.8 Å². The quantitative estimate of drug-likeness (QED) is 0.130. The highest BCUT2D eigenvalue weighted by atomic mass is 32.2. The van der Waals surface area contributed by atoms with Crippen molar-refractivity contribution in [1.29, 1.82) is 0 Å². The van der Waals surface area contributed by atoms with Crippen LogP contribution in [0.1, 0.15) is 48.5 Å². The molecular formula is C38H49N5O7S. The van der Waals surface area contributed by atoms with Crippen LogP contribution >= 0.6 is 0 Å². The van der Waals surface area contributed by atoms with Crippen molar-refractivity contribution in [3.8, 4) is 17.2 Å². The lowest BCUT2D eigenvalue weighted by atomic mass is 9.76. The maximum atomic E-state index is 14.0. The van der Waals surface area contributed by atoms with Gasteiger partial charge in [-0.3, -0.25) is 4.79 Å². The molecule has 0 spiro atoms. The maximum Gasteiger partial charge on any atom is 0.306 e. The molecule has 274 valence electrons. The van der Waals surface area contributed by atoms with Crippen molar-refractivity contribution in [2.45, 2.75) is 50.6 Å². The molecule has 1 N–H and O–H groups in total. The van der Waals surface area contributed by atoms with Crippen LogP contribution in [0, 0.1) is 0 Å². The number of piperidine rings is 1. The lowest BCUT2D eigenvalue weighted by Gasteiger charge is -2.36. The molecule has 2 saturated heterocycles. The van der Waals surface area contributed by atoms with Gasteiger partial charge in [-0.25, -0.2) is 4.98 Å². The van der Waals surface area contributed by atoms with Crippen LogP contribution < -0.4 is 19.0 Å². The molecular weight excluding hydrogens is 671 g/mol. The first-order valence-electron chi connectivity index (χ1n) is 17.6. The highest BCUT2D eigenvalue weighted by Gasteiger charge is 2.42. The standard InChI is InChI=1S/C38H49N5O7S/c1-5-49-24-23-43-32-14-10-9-13-31(32)40-37(43)39-30-15-19-41(20-16-30)21-17-38(29-11-7-6-8-12-29)18-22-42(27-38)36(44)28-25-33(47-2)35(48-3)34(26-28)50-51(4,45)46/h6-14,25-26,30H,5,15-24,27H2,1-4H3,(H,39,40). The second kappa shape index (κ2) is 15.9. The molecule has 1 atom stereocenters. The first-order chi connectivity index (χ1) is 24.6. The highest BCUT2D eigenvalue weighted by molar-refractivity contribution is 7.86. The number of carbonyl (C=O) groups excluding carboxylic acids is 1. The summed E-state index contributed by atoms with van der Waals surface area (Å²) in [6, 6.07) is 22.0. The van der Waals surface area contributed by atoms with Crippen LogP contribution in [-0.2, 0) is 26.8 Å². The van der Waals surface area contributed by atoms with Gasteiger partial charge in [-0.1, -0.05) is 42.5 Å². The number of amides is 1. The Labute approximate surface area is 300 Å². The molecule has 12 nitrogen and oxygen atoms in total. The predicted molar refractivity (Wildman–Crippen MR) is 198 cm³/mol. The Morgan fingerprint density at radius 2 is 1.69 bits per heavy atom. The molecule has 3 aromatic carbocycles. The summed E-state index contributed by atoms with van der Waals surface area (Å²) in [6.45, 7) is 8.07. The third kappa shape index (κ3) is 8.43. The van der Waals surface area contributed by atoms with Crippen molar-refractivity contribution in [1.82, 2.24) is 19.4 Å². The van der Waals surface area contributed by atoms with Crippen LogP contribution in [0.5, 0.6) is 17.2 Å². The van der Waals surface area contributed by atoms with E-state index in [-0.39, 0.29) is 34.1 Å². The van der Waals surface area contributed by atoms with Gasteiger partial charge in [0.2, 0.25) is 11.7 Å². The molecule has 1 amide bonds. The second-order valence-corrected chi connectivity index (χ2v) is 15.0. The lowest BCUT2D eigenvalue weighted by molar-refractivity contribution is 0.0779. The monoisotopic (exact) mass is 719 g/mol. The van der Waals surface area contributed by atoms with Gasteiger partial charge in [-0.05, 0) is 69.0 Å². The molecule has 1 aromatic heterocycles. The van der Waals surface area contributed by atoms with Crippen LogP contribution in [0.2, 0.25) is 0 Å². The van der Waals surface area contributed by atoms with Crippen LogP contribution in [0.25, 0.3) is 11.0 Å². The van der Waals surface area contributed by atoms with Crippen LogP contribution in [-0.4, -0.2) is 106 Å². The Kier molecular flexibility index (Phi) is 11.4. The van der Waals surface area contributed by atoms with Crippen LogP contribution in [0.15, 0.2) is 66.7 Å². The largest absolute Gasteiger partial charge is 0.493 e. The summed E-state index contributed by atoms with van der Waals surface area (Å²) in [5.74, 6) is 0.927. The van der Waals surface area contributed by atoms with E-state index >= 15 is 0 Å². The number of hydrogen-bond donors (Lipinski definition) is 1. The Morgan fingerprint density at radius 3 is 2.39 bits per heavy atom. The smallest absolute Gasteiger partial charge is 0.306 e. The number of rotatable bonds is 15. The van der Waals surface area contributed by atoms with E-state index in [1.807, 2.05) is 30.0 Å². The number of methoxy groups -OCH3 is 2. The number of aromatic nitrogens is 2. The molecule has 0 radical (unpaired) electrons. The molecule has 3 heterocycles. The molecule has 1 unspecified atom stereocenters. The number of benzene rings is 3. The molecule has 6 rings (SSSR count). The fourth-order valence-corrected chi connectivity index (χ4v) is 7.90. The molecule has 13 heteroatoms. The van der Waals surface area contributed by atoms with Gasteiger partial charge in [0.15, 0.2) is 11.5 Å². The summed E-state index contributed by atoms with van der Waals surface area (Å²) in [6.07, 6.45) is 4.69. The highest BCUT2D eigenvalue weighted by Crippen LogP contribution is 2.42. The zero-order valence-corrected chi connectivity index (χ0v) is 30.8. The van der Waals surface area contributed by atoms with Crippen molar-refractivity contribution in [3.63, 3.8) is 0 Å². The average Bonchev–Trinajstić information content (AvgIpc) is 3.73. The zero-order valence-electron chi connectivity index (χ0n) is 30.0. The summed E-state index contributed by atoms with van der Waals surface area (Å²) in [7, 11) is -1.05. The Bertz CT molecular complexity index is 1910. The van der Waals surface area contributed by atoms with Gasteiger partial charge in [0.25, 0.3) is 5.91 Å². The third-order valence-electron chi connectivity index (χ3n) is 10.1. The summed E-state index contributed by atoms with van der Waals surface area (Å²) in [4.78, 5) is 23.3. The second-order valence-electron chi connectivity index (χ2n) is 13.4. The third-order valence-corrected chi connectivity index (χ3v) is 10.6.